The molecular formula is C30H38N2O5S2. The molecule has 0 saturated heterocycles. The first-order chi connectivity index (χ1) is 18.5. The third kappa shape index (κ3) is 7.94. The number of amides is 1. The summed E-state index contributed by atoms with van der Waals surface area (Å²) in [6.45, 7) is 10.5. The van der Waals surface area contributed by atoms with Crippen LogP contribution in [0.5, 0.6) is 11.5 Å². The zero-order chi connectivity index (χ0) is 28.6. The van der Waals surface area contributed by atoms with Gasteiger partial charge in [-0.05, 0) is 58.7 Å². The van der Waals surface area contributed by atoms with Gasteiger partial charge in [0.15, 0.2) is 11.5 Å². The van der Waals surface area contributed by atoms with E-state index in [-0.39, 0.29) is 29.3 Å². The lowest BCUT2D eigenvalue weighted by Crippen LogP contribution is -2.43. The van der Waals surface area contributed by atoms with E-state index in [1.165, 1.54) is 10.4 Å². The molecule has 0 radical (unpaired) electrons. The minimum Gasteiger partial charge on any atom is -0.493 e. The van der Waals surface area contributed by atoms with E-state index in [4.69, 9.17) is 9.47 Å². The maximum atomic E-state index is 13.6. The lowest BCUT2D eigenvalue weighted by molar-refractivity contribution is -0.131. The van der Waals surface area contributed by atoms with E-state index in [1.54, 1.807) is 42.6 Å². The Labute approximate surface area is 236 Å². The molecule has 0 saturated carbocycles. The van der Waals surface area contributed by atoms with Crippen LogP contribution >= 0.6 is 11.3 Å². The van der Waals surface area contributed by atoms with E-state index < -0.39 is 10.0 Å². The van der Waals surface area contributed by atoms with Crippen LogP contribution in [0.4, 0.5) is 0 Å². The Balaban J connectivity index is 1.82. The summed E-state index contributed by atoms with van der Waals surface area (Å²) in [6, 6.07) is 16.4. The third-order valence-electron chi connectivity index (χ3n) is 6.40. The number of benzene rings is 2. The number of nitrogens with zero attached hydrogens (tertiary/aromatic N) is 2. The molecule has 0 aliphatic carbocycles. The second kappa shape index (κ2) is 13.3. The first kappa shape index (κ1) is 30.4. The molecule has 9 heteroatoms. The van der Waals surface area contributed by atoms with Gasteiger partial charge in [0.05, 0.1) is 32.2 Å². The van der Waals surface area contributed by atoms with Crippen LogP contribution in [0, 0.1) is 0 Å². The summed E-state index contributed by atoms with van der Waals surface area (Å²) in [5.74, 6) is 0.973. The Kier molecular flexibility index (Phi) is 10.4. The summed E-state index contributed by atoms with van der Waals surface area (Å²) >= 11 is 1.56. The standard InChI is InChI=1S/C30H38N2O5S2/c1-7-17-32(39(34,35)26-13-11-24(12-14-26)30(2,3)4)22-29(33)31(21-25-9-8-19-38-25)18-16-23-10-15-27(36-5)28(20-23)37-6/h7-15,19-20H,1,16-18,21-22H2,2-6H3. The van der Waals surface area contributed by atoms with Crippen LogP contribution in [0.2, 0.25) is 0 Å². The molecule has 7 nitrogen and oxygen atoms in total. The molecule has 0 fully saturated rings. The molecule has 1 heterocycles. The van der Waals surface area contributed by atoms with Gasteiger partial charge in [-0.25, -0.2) is 8.42 Å². The first-order valence-corrected chi connectivity index (χ1v) is 15.0. The van der Waals surface area contributed by atoms with Crippen LogP contribution < -0.4 is 9.47 Å². The van der Waals surface area contributed by atoms with E-state index in [2.05, 4.69) is 27.4 Å². The van der Waals surface area contributed by atoms with Gasteiger partial charge in [-0.1, -0.05) is 51.1 Å². The van der Waals surface area contributed by atoms with Gasteiger partial charge in [0.1, 0.15) is 0 Å². The van der Waals surface area contributed by atoms with Gasteiger partial charge < -0.3 is 14.4 Å². The van der Waals surface area contributed by atoms with Crippen molar-refractivity contribution in [3.8, 4) is 11.5 Å². The molecule has 2 aromatic carbocycles. The summed E-state index contributed by atoms with van der Waals surface area (Å²) in [5.41, 5.74) is 1.91. The number of carbonyl (C=O) groups is 1. The van der Waals surface area contributed by atoms with Crippen LogP contribution in [-0.4, -0.2) is 57.4 Å². The van der Waals surface area contributed by atoms with E-state index in [0.717, 1.165) is 16.0 Å². The highest BCUT2D eigenvalue weighted by Gasteiger charge is 2.28. The van der Waals surface area contributed by atoms with Crippen molar-refractivity contribution in [2.24, 2.45) is 0 Å². The van der Waals surface area contributed by atoms with Crippen molar-refractivity contribution in [3.05, 3.63) is 88.6 Å². The van der Waals surface area contributed by atoms with E-state index in [0.29, 0.717) is 31.0 Å². The maximum absolute atomic E-state index is 13.6. The highest BCUT2D eigenvalue weighted by atomic mass is 32.2. The Morgan fingerprint density at radius 1 is 1.03 bits per heavy atom. The molecule has 0 unspecified atom stereocenters. The number of hydrogen-bond acceptors (Lipinski definition) is 6. The van der Waals surface area contributed by atoms with Crippen LogP contribution in [0.15, 0.2) is 77.5 Å². The van der Waals surface area contributed by atoms with Crippen molar-refractivity contribution < 1.29 is 22.7 Å². The topological polar surface area (TPSA) is 76.2 Å². The predicted octanol–water partition coefficient (Wildman–Crippen LogP) is 5.51. The highest BCUT2D eigenvalue weighted by molar-refractivity contribution is 7.89. The molecule has 3 aromatic rings. The Hall–Kier alpha value is -3.14. The zero-order valence-corrected chi connectivity index (χ0v) is 25.0. The second-order valence-corrected chi connectivity index (χ2v) is 13.2. The van der Waals surface area contributed by atoms with Crippen molar-refractivity contribution >= 4 is 27.3 Å². The van der Waals surface area contributed by atoms with Gasteiger partial charge >= 0.3 is 0 Å². The van der Waals surface area contributed by atoms with Gasteiger partial charge in [0.25, 0.3) is 0 Å². The molecule has 1 aromatic heterocycles. The largest absolute Gasteiger partial charge is 0.493 e. The van der Waals surface area contributed by atoms with Crippen molar-refractivity contribution in [2.45, 2.75) is 44.0 Å². The molecule has 3 rings (SSSR count). The van der Waals surface area contributed by atoms with E-state index >= 15 is 0 Å². The van der Waals surface area contributed by atoms with Gasteiger partial charge in [0, 0.05) is 18.0 Å². The number of methoxy groups -OCH3 is 2. The average molecular weight is 571 g/mol. The van der Waals surface area contributed by atoms with E-state index in [9.17, 15) is 13.2 Å². The van der Waals surface area contributed by atoms with Crippen LogP contribution in [0.3, 0.4) is 0 Å². The fraction of sp³-hybridized carbons (Fsp3) is 0.367. The first-order valence-electron chi connectivity index (χ1n) is 12.7. The summed E-state index contributed by atoms with van der Waals surface area (Å²) in [7, 11) is -0.746. The molecule has 1 amide bonds. The normalized spacial score (nSPS) is 11.8. The lowest BCUT2D eigenvalue weighted by Gasteiger charge is -2.27. The van der Waals surface area contributed by atoms with Crippen LogP contribution in [0.1, 0.15) is 36.8 Å². The number of rotatable bonds is 13. The zero-order valence-electron chi connectivity index (χ0n) is 23.3. The molecule has 0 N–H and O–H groups in total. The molecule has 39 heavy (non-hydrogen) atoms. The Morgan fingerprint density at radius 2 is 1.72 bits per heavy atom. The highest BCUT2D eigenvalue weighted by Crippen LogP contribution is 2.28. The van der Waals surface area contributed by atoms with Crippen molar-refractivity contribution in [1.29, 1.82) is 0 Å². The number of hydrogen-bond donors (Lipinski definition) is 0. The number of thiophene rings is 1. The van der Waals surface area contributed by atoms with Gasteiger partial charge in [-0.3, -0.25) is 4.79 Å². The fourth-order valence-corrected chi connectivity index (χ4v) is 6.18. The van der Waals surface area contributed by atoms with Gasteiger partial charge in [-0.2, -0.15) is 4.31 Å². The van der Waals surface area contributed by atoms with Crippen molar-refractivity contribution in [1.82, 2.24) is 9.21 Å². The lowest BCUT2D eigenvalue weighted by atomic mass is 9.87. The SMILES string of the molecule is C=CCN(CC(=O)N(CCc1ccc(OC)c(OC)c1)Cc1cccs1)S(=O)(=O)c1ccc(C(C)(C)C)cc1. The molecule has 0 aliphatic heterocycles. The minimum atomic E-state index is -3.91. The third-order valence-corrected chi connectivity index (χ3v) is 9.09. The number of sulfonamides is 1. The smallest absolute Gasteiger partial charge is 0.243 e. The summed E-state index contributed by atoms with van der Waals surface area (Å²) in [6.07, 6.45) is 2.07. The molecule has 0 bridgehead atoms. The summed E-state index contributed by atoms with van der Waals surface area (Å²) in [4.78, 5) is 16.5. The van der Waals surface area contributed by atoms with Crippen molar-refractivity contribution in [3.63, 3.8) is 0 Å². The summed E-state index contributed by atoms with van der Waals surface area (Å²) < 4.78 is 39.0. The van der Waals surface area contributed by atoms with E-state index in [1.807, 2.05) is 47.8 Å². The minimum absolute atomic E-state index is 0.0254. The van der Waals surface area contributed by atoms with Crippen LogP contribution in [0.25, 0.3) is 0 Å². The molecule has 0 aliphatic rings. The quantitative estimate of drug-likeness (QED) is 0.253. The van der Waals surface area contributed by atoms with Crippen LogP contribution in [-0.2, 0) is 33.2 Å². The predicted molar refractivity (Wildman–Crippen MR) is 157 cm³/mol. The maximum Gasteiger partial charge on any atom is 0.243 e. The molecule has 210 valence electrons. The molecule has 0 atom stereocenters. The summed E-state index contributed by atoms with van der Waals surface area (Å²) in [5, 5.41) is 1.96. The molecular weight excluding hydrogens is 532 g/mol. The number of carbonyl (C=O) groups excluding carboxylic acids is 1. The van der Waals surface area contributed by atoms with Crippen molar-refractivity contribution in [2.75, 3.05) is 33.9 Å². The monoisotopic (exact) mass is 570 g/mol. The number of ether oxygens (including phenoxy) is 2. The Morgan fingerprint density at radius 3 is 2.28 bits per heavy atom. The average Bonchev–Trinajstić information content (AvgIpc) is 3.43. The van der Waals surface area contributed by atoms with Gasteiger partial charge in [0.2, 0.25) is 15.9 Å². The fourth-order valence-electron chi connectivity index (χ4n) is 4.10. The Bertz CT molecular complexity index is 1340. The second-order valence-electron chi connectivity index (χ2n) is 10.2. The van der Waals surface area contributed by atoms with Gasteiger partial charge in [-0.15, -0.1) is 17.9 Å². The molecule has 0 spiro atoms.